The van der Waals surface area contributed by atoms with Crippen molar-refractivity contribution in [2.75, 3.05) is 13.2 Å². The second kappa shape index (κ2) is 3.87. The summed E-state index contributed by atoms with van der Waals surface area (Å²) in [6.07, 6.45) is 4.71. The molecule has 2 fully saturated rings. The first-order valence-corrected chi connectivity index (χ1v) is 5.28. The molecule has 0 spiro atoms. The van der Waals surface area contributed by atoms with Gasteiger partial charge in [-0.15, -0.1) is 0 Å². The molecule has 1 aliphatic heterocycles. The lowest BCUT2D eigenvalue weighted by Gasteiger charge is -2.35. The van der Waals surface area contributed by atoms with Crippen LogP contribution in [0.5, 0.6) is 0 Å². The normalized spacial score (nSPS) is 29.6. The predicted octanol–water partition coefficient (Wildman–Crippen LogP) is 0.590. The first-order chi connectivity index (χ1) is 6.71. The molecule has 0 radical (unpaired) electrons. The van der Waals surface area contributed by atoms with Crippen LogP contribution in [0.4, 0.5) is 0 Å². The molecule has 14 heavy (non-hydrogen) atoms. The zero-order valence-corrected chi connectivity index (χ0v) is 8.33. The van der Waals surface area contributed by atoms with Crippen LogP contribution >= 0.6 is 0 Å². The van der Waals surface area contributed by atoms with Crippen LogP contribution in [0, 0.1) is 0 Å². The van der Waals surface area contributed by atoms with Crippen LogP contribution in [0.25, 0.3) is 0 Å². The third kappa shape index (κ3) is 1.91. The van der Waals surface area contributed by atoms with E-state index in [9.17, 15) is 4.79 Å². The second-order valence-electron chi connectivity index (χ2n) is 4.24. The van der Waals surface area contributed by atoms with E-state index >= 15 is 0 Å². The molecule has 1 atom stereocenters. The van der Waals surface area contributed by atoms with E-state index in [2.05, 4.69) is 0 Å². The Morgan fingerprint density at radius 2 is 2.29 bits per heavy atom. The van der Waals surface area contributed by atoms with Crippen molar-refractivity contribution < 1.29 is 14.3 Å². The third-order valence-electron chi connectivity index (χ3n) is 3.08. The maximum atomic E-state index is 11.5. The van der Waals surface area contributed by atoms with Gasteiger partial charge in [0.15, 0.2) is 0 Å². The van der Waals surface area contributed by atoms with Gasteiger partial charge in [0, 0.05) is 6.61 Å². The zero-order valence-electron chi connectivity index (χ0n) is 8.33. The number of carbonyl (C=O) groups is 1. The van der Waals surface area contributed by atoms with Crippen LogP contribution in [0.1, 0.15) is 32.1 Å². The molecule has 0 aromatic heterocycles. The predicted molar refractivity (Wildman–Crippen MR) is 50.7 cm³/mol. The van der Waals surface area contributed by atoms with Gasteiger partial charge >= 0.3 is 5.97 Å². The first kappa shape index (κ1) is 9.93. The highest BCUT2D eigenvalue weighted by Crippen LogP contribution is 2.30. The molecule has 1 saturated heterocycles. The van der Waals surface area contributed by atoms with Gasteiger partial charge in [-0.1, -0.05) is 0 Å². The quantitative estimate of drug-likeness (QED) is 0.676. The van der Waals surface area contributed by atoms with Gasteiger partial charge in [-0.25, -0.2) is 0 Å². The highest BCUT2D eigenvalue weighted by Gasteiger charge is 2.41. The molecule has 2 rings (SSSR count). The van der Waals surface area contributed by atoms with E-state index in [0.29, 0.717) is 6.61 Å². The summed E-state index contributed by atoms with van der Waals surface area (Å²) in [5.41, 5.74) is 5.13. The number of hydrogen-bond donors (Lipinski definition) is 1. The lowest BCUT2D eigenvalue weighted by Crippen LogP contribution is -2.54. The molecule has 1 unspecified atom stereocenters. The topological polar surface area (TPSA) is 61.6 Å². The Bertz CT molecular complexity index is 219. The molecule has 1 saturated carbocycles. The Morgan fingerprint density at radius 1 is 1.50 bits per heavy atom. The summed E-state index contributed by atoms with van der Waals surface area (Å²) in [7, 11) is 0. The Kier molecular flexibility index (Phi) is 2.74. The summed E-state index contributed by atoms with van der Waals surface area (Å²) in [5.74, 6) is -0.251. The van der Waals surface area contributed by atoms with Crippen LogP contribution in [0.3, 0.4) is 0 Å². The van der Waals surface area contributed by atoms with Crippen molar-refractivity contribution in [1.82, 2.24) is 0 Å². The lowest BCUT2D eigenvalue weighted by atomic mass is 9.78. The average Bonchev–Trinajstić information content (AvgIpc) is 2.62. The molecule has 0 amide bonds. The molecular weight excluding hydrogens is 182 g/mol. The highest BCUT2D eigenvalue weighted by molar-refractivity contribution is 5.81. The van der Waals surface area contributed by atoms with Crippen molar-refractivity contribution in [3.05, 3.63) is 0 Å². The van der Waals surface area contributed by atoms with E-state index < -0.39 is 5.54 Å². The van der Waals surface area contributed by atoms with Gasteiger partial charge in [-0.3, -0.25) is 4.79 Å². The molecule has 4 nitrogen and oxygen atoms in total. The van der Waals surface area contributed by atoms with E-state index in [4.69, 9.17) is 15.2 Å². The number of ether oxygens (including phenoxy) is 2. The fraction of sp³-hybridized carbons (Fsp3) is 0.900. The van der Waals surface area contributed by atoms with E-state index in [0.717, 1.165) is 38.7 Å². The minimum Gasteiger partial charge on any atom is -0.462 e. The van der Waals surface area contributed by atoms with Crippen molar-refractivity contribution >= 4 is 5.97 Å². The molecule has 0 aromatic carbocycles. The first-order valence-electron chi connectivity index (χ1n) is 5.28. The molecule has 2 aliphatic rings. The van der Waals surface area contributed by atoms with Gasteiger partial charge in [-0.05, 0) is 32.1 Å². The summed E-state index contributed by atoms with van der Waals surface area (Å²) in [6.45, 7) is 1.16. The highest BCUT2D eigenvalue weighted by atomic mass is 16.6. The van der Waals surface area contributed by atoms with Crippen molar-refractivity contribution in [2.45, 2.75) is 43.7 Å². The van der Waals surface area contributed by atoms with Crippen molar-refractivity contribution in [3.8, 4) is 0 Å². The van der Waals surface area contributed by atoms with E-state index in [1.165, 1.54) is 0 Å². The summed E-state index contributed by atoms with van der Waals surface area (Å²) >= 11 is 0. The zero-order chi connectivity index (χ0) is 10.0. The second-order valence-corrected chi connectivity index (χ2v) is 4.24. The molecular formula is C10H17NO3. The molecule has 2 N–H and O–H groups in total. The maximum Gasteiger partial charge on any atom is 0.326 e. The van der Waals surface area contributed by atoms with Crippen LogP contribution in [0.2, 0.25) is 0 Å². The van der Waals surface area contributed by atoms with Gasteiger partial charge in [0.05, 0.1) is 6.10 Å². The Balaban J connectivity index is 1.71. The number of hydrogen-bond acceptors (Lipinski definition) is 4. The van der Waals surface area contributed by atoms with Crippen molar-refractivity contribution in [3.63, 3.8) is 0 Å². The monoisotopic (exact) mass is 199 g/mol. The van der Waals surface area contributed by atoms with Crippen molar-refractivity contribution in [2.24, 2.45) is 5.73 Å². The number of esters is 1. The van der Waals surface area contributed by atoms with Crippen molar-refractivity contribution in [1.29, 1.82) is 0 Å². The fourth-order valence-corrected chi connectivity index (χ4v) is 1.85. The summed E-state index contributed by atoms with van der Waals surface area (Å²) in [6, 6.07) is 0. The lowest BCUT2D eigenvalue weighted by molar-refractivity contribution is -0.156. The average molecular weight is 199 g/mol. The number of nitrogens with two attached hydrogens (primary N) is 1. The number of rotatable bonds is 3. The van der Waals surface area contributed by atoms with Gasteiger partial charge in [0.25, 0.3) is 0 Å². The fourth-order valence-electron chi connectivity index (χ4n) is 1.85. The summed E-state index contributed by atoms with van der Waals surface area (Å²) in [5, 5.41) is 0. The smallest absolute Gasteiger partial charge is 0.326 e. The van der Waals surface area contributed by atoms with Gasteiger partial charge in [0.1, 0.15) is 12.1 Å². The third-order valence-corrected chi connectivity index (χ3v) is 3.08. The largest absolute Gasteiger partial charge is 0.462 e. The molecule has 0 bridgehead atoms. The molecule has 1 heterocycles. The van der Waals surface area contributed by atoms with E-state index in [-0.39, 0.29) is 12.1 Å². The van der Waals surface area contributed by atoms with E-state index in [1.807, 2.05) is 0 Å². The van der Waals surface area contributed by atoms with Gasteiger partial charge in [0.2, 0.25) is 0 Å². The Labute approximate surface area is 83.7 Å². The van der Waals surface area contributed by atoms with E-state index in [1.54, 1.807) is 0 Å². The minimum absolute atomic E-state index is 0.0997. The Morgan fingerprint density at radius 3 is 2.79 bits per heavy atom. The SMILES string of the molecule is NC1(C(=O)OCC2CCCO2)CCC1. The minimum atomic E-state index is -0.682. The molecule has 4 heteroatoms. The van der Waals surface area contributed by atoms with Crippen LogP contribution < -0.4 is 5.73 Å². The summed E-state index contributed by atoms with van der Waals surface area (Å²) in [4.78, 5) is 11.5. The standard InChI is InChI=1S/C10H17NO3/c11-10(4-2-5-10)9(12)14-7-8-3-1-6-13-8/h8H,1-7,11H2. The van der Waals surface area contributed by atoms with Crippen LogP contribution in [-0.2, 0) is 14.3 Å². The van der Waals surface area contributed by atoms with Crippen LogP contribution in [0.15, 0.2) is 0 Å². The molecule has 80 valence electrons. The molecule has 0 aromatic rings. The maximum absolute atomic E-state index is 11.5. The van der Waals surface area contributed by atoms with Gasteiger partial charge < -0.3 is 15.2 Å². The summed E-state index contributed by atoms with van der Waals surface area (Å²) < 4.78 is 10.5. The Hall–Kier alpha value is -0.610. The van der Waals surface area contributed by atoms with Crippen LogP contribution in [-0.4, -0.2) is 30.8 Å². The molecule has 1 aliphatic carbocycles. The number of carbonyl (C=O) groups excluding carboxylic acids is 1. The van der Waals surface area contributed by atoms with Gasteiger partial charge in [-0.2, -0.15) is 0 Å².